The Kier molecular flexibility index (Phi) is 6.38. The lowest BCUT2D eigenvalue weighted by molar-refractivity contribution is 0.278. The van der Waals surface area contributed by atoms with Crippen LogP contribution in [0, 0.1) is 5.92 Å². The van der Waals surface area contributed by atoms with Gasteiger partial charge in [-0.3, -0.25) is 4.99 Å². The van der Waals surface area contributed by atoms with Crippen LogP contribution in [-0.2, 0) is 0 Å². The first-order valence-corrected chi connectivity index (χ1v) is 7.13. The second kappa shape index (κ2) is 7.60. The Balaban J connectivity index is 2.19. The first-order chi connectivity index (χ1) is 7.74. The van der Waals surface area contributed by atoms with Gasteiger partial charge in [0.15, 0.2) is 5.96 Å². The van der Waals surface area contributed by atoms with Crippen LogP contribution >= 0.6 is 11.8 Å². The summed E-state index contributed by atoms with van der Waals surface area (Å²) in [5.74, 6) is 3.59. The molecule has 1 aliphatic rings. The highest BCUT2D eigenvalue weighted by Gasteiger charge is 2.16. The predicted molar refractivity (Wildman–Crippen MR) is 74.0 cm³/mol. The summed E-state index contributed by atoms with van der Waals surface area (Å²) in [7, 11) is 0. The van der Waals surface area contributed by atoms with E-state index in [1.807, 2.05) is 17.8 Å². The third-order valence-corrected chi connectivity index (χ3v) is 3.80. The van der Waals surface area contributed by atoms with Gasteiger partial charge in [-0.25, -0.2) is 0 Å². The molecular formula is C12H23N3S. The number of guanidine groups is 1. The van der Waals surface area contributed by atoms with Gasteiger partial charge in [-0.05, 0) is 18.8 Å². The zero-order chi connectivity index (χ0) is 11.8. The summed E-state index contributed by atoms with van der Waals surface area (Å²) in [6.45, 7) is 8.93. The normalized spacial score (nSPS) is 18.8. The summed E-state index contributed by atoms with van der Waals surface area (Å²) in [5, 5.41) is 0. The largest absolute Gasteiger partial charge is 0.370 e. The molecule has 1 aliphatic heterocycles. The van der Waals surface area contributed by atoms with Crippen LogP contribution in [0.4, 0.5) is 0 Å². The molecule has 0 radical (unpaired) electrons. The van der Waals surface area contributed by atoms with Crippen molar-refractivity contribution in [3.8, 4) is 0 Å². The van der Waals surface area contributed by atoms with Gasteiger partial charge in [-0.2, -0.15) is 11.8 Å². The number of nitrogens with two attached hydrogens (primary N) is 1. The highest BCUT2D eigenvalue weighted by molar-refractivity contribution is 7.99. The lowest BCUT2D eigenvalue weighted by Crippen LogP contribution is -2.42. The summed E-state index contributed by atoms with van der Waals surface area (Å²) in [5.41, 5.74) is 5.96. The van der Waals surface area contributed by atoms with Crippen LogP contribution in [0.25, 0.3) is 0 Å². The van der Waals surface area contributed by atoms with Gasteiger partial charge in [0.1, 0.15) is 0 Å². The highest BCUT2D eigenvalue weighted by Crippen LogP contribution is 2.15. The minimum atomic E-state index is 0.728. The SMILES string of the molecule is C=CCSCCN=C(N)N1CCC(C)CC1. The predicted octanol–water partition coefficient (Wildman–Crippen LogP) is 1.95. The molecule has 0 spiro atoms. The van der Waals surface area contributed by atoms with Crippen molar-refractivity contribution in [3.63, 3.8) is 0 Å². The fourth-order valence-corrected chi connectivity index (χ4v) is 2.28. The number of piperidine rings is 1. The van der Waals surface area contributed by atoms with Crippen molar-refractivity contribution in [1.29, 1.82) is 0 Å². The Hall–Kier alpha value is -0.640. The fourth-order valence-electron chi connectivity index (χ4n) is 1.73. The third kappa shape index (κ3) is 4.92. The van der Waals surface area contributed by atoms with Crippen molar-refractivity contribution in [2.24, 2.45) is 16.6 Å². The molecule has 0 saturated carbocycles. The van der Waals surface area contributed by atoms with Crippen molar-refractivity contribution in [2.75, 3.05) is 31.1 Å². The van der Waals surface area contributed by atoms with E-state index < -0.39 is 0 Å². The van der Waals surface area contributed by atoms with E-state index in [1.165, 1.54) is 12.8 Å². The van der Waals surface area contributed by atoms with Crippen LogP contribution < -0.4 is 5.73 Å². The maximum atomic E-state index is 5.96. The second-order valence-electron chi connectivity index (χ2n) is 4.27. The van der Waals surface area contributed by atoms with E-state index in [4.69, 9.17) is 5.73 Å². The molecule has 0 aromatic carbocycles. The number of likely N-dealkylation sites (tertiary alicyclic amines) is 1. The molecule has 0 bridgehead atoms. The van der Waals surface area contributed by atoms with Crippen molar-refractivity contribution in [3.05, 3.63) is 12.7 Å². The van der Waals surface area contributed by atoms with Gasteiger partial charge in [0.05, 0.1) is 6.54 Å². The zero-order valence-electron chi connectivity index (χ0n) is 10.2. The van der Waals surface area contributed by atoms with E-state index in [-0.39, 0.29) is 0 Å². The summed E-state index contributed by atoms with van der Waals surface area (Å²) < 4.78 is 0. The summed E-state index contributed by atoms with van der Waals surface area (Å²) in [6.07, 6.45) is 4.40. The number of thioether (sulfide) groups is 1. The summed E-state index contributed by atoms with van der Waals surface area (Å²) >= 11 is 1.84. The van der Waals surface area contributed by atoms with Gasteiger partial charge in [-0.1, -0.05) is 13.0 Å². The maximum Gasteiger partial charge on any atom is 0.191 e. The van der Waals surface area contributed by atoms with E-state index >= 15 is 0 Å². The van der Waals surface area contributed by atoms with E-state index in [1.54, 1.807) is 0 Å². The molecule has 0 aromatic rings. The molecule has 0 amide bonds. The van der Waals surface area contributed by atoms with Gasteiger partial charge >= 0.3 is 0 Å². The molecule has 0 aromatic heterocycles. The number of hydrogen-bond donors (Lipinski definition) is 1. The average Bonchev–Trinajstić information content (AvgIpc) is 2.29. The van der Waals surface area contributed by atoms with Gasteiger partial charge in [-0.15, -0.1) is 6.58 Å². The second-order valence-corrected chi connectivity index (χ2v) is 5.42. The third-order valence-electron chi connectivity index (χ3n) is 2.85. The quantitative estimate of drug-likeness (QED) is 0.346. The van der Waals surface area contributed by atoms with Crippen LogP contribution in [0.1, 0.15) is 19.8 Å². The molecule has 16 heavy (non-hydrogen) atoms. The smallest absolute Gasteiger partial charge is 0.191 e. The number of aliphatic imine (C=N–C) groups is 1. The van der Waals surface area contributed by atoms with Crippen molar-refractivity contribution in [2.45, 2.75) is 19.8 Å². The van der Waals surface area contributed by atoms with Crippen molar-refractivity contribution >= 4 is 17.7 Å². The van der Waals surface area contributed by atoms with Gasteiger partial charge in [0, 0.05) is 24.6 Å². The zero-order valence-corrected chi connectivity index (χ0v) is 11.0. The summed E-state index contributed by atoms with van der Waals surface area (Å²) in [6, 6.07) is 0. The molecule has 1 fully saturated rings. The van der Waals surface area contributed by atoms with Crippen LogP contribution in [0.5, 0.6) is 0 Å². The monoisotopic (exact) mass is 241 g/mol. The van der Waals surface area contributed by atoms with Crippen molar-refractivity contribution in [1.82, 2.24) is 4.90 Å². The number of nitrogens with zero attached hydrogens (tertiary/aromatic N) is 2. The summed E-state index contributed by atoms with van der Waals surface area (Å²) in [4.78, 5) is 6.62. The maximum absolute atomic E-state index is 5.96. The van der Waals surface area contributed by atoms with Crippen LogP contribution in [0.15, 0.2) is 17.6 Å². The first-order valence-electron chi connectivity index (χ1n) is 5.97. The van der Waals surface area contributed by atoms with Gasteiger partial charge in [0.2, 0.25) is 0 Å². The lowest BCUT2D eigenvalue weighted by Gasteiger charge is -2.31. The lowest BCUT2D eigenvalue weighted by atomic mass is 10.00. The molecule has 92 valence electrons. The molecule has 0 unspecified atom stereocenters. The Bertz CT molecular complexity index is 232. The van der Waals surface area contributed by atoms with Crippen LogP contribution in [-0.4, -0.2) is 42.0 Å². The molecule has 4 heteroatoms. The molecule has 3 nitrogen and oxygen atoms in total. The first kappa shape index (κ1) is 13.4. The molecule has 0 aliphatic carbocycles. The molecule has 2 N–H and O–H groups in total. The topological polar surface area (TPSA) is 41.6 Å². The Morgan fingerprint density at radius 1 is 1.56 bits per heavy atom. The molecule has 0 atom stereocenters. The van der Waals surface area contributed by atoms with E-state index in [2.05, 4.69) is 23.4 Å². The minimum Gasteiger partial charge on any atom is -0.370 e. The van der Waals surface area contributed by atoms with Gasteiger partial charge < -0.3 is 10.6 Å². The van der Waals surface area contributed by atoms with E-state index in [0.29, 0.717) is 0 Å². The molecule has 1 heterocycles. The Morgan fingerprint density at radius 2 is 2.25 bits per heavy atom. The van der Waals surface area contributed by atoms with Crippen LogP contribution in [0.3, 0.4) is 0 Å². The molecule has 1 saturated heterocycles. The molecule has 1 rings (SSSR count). The Morgan fingerprint density at radius 3 is 2.88 bits per heavy atom. The number of hydrogen-bond acceptors (Lipinski definition) is 2. The fraction of sp³-hybridized carbons (Fsp3) is 0.750. The standard InChI is InChI=1S/C12H23N3S/c1-3-9-16-10-6-14-12(13)15-7-4-11(2)5-8-15/h3,11H,1,4-10H2,2H3,(H2,13,14). The Labute approximate surface area is 103 Å². The van der Waals surface area contributed by atoms with E-state index in [9.17, 15) is 0 Å². The minimum absolute atomic E-state index is 0.728. The highest BCUT2D eigenvalue weighted by atomic mass is 32.2. The van der Waals surface area contributed by atoms with Gasteiger partial charge in [0.25, 0.3) is 0 Å². The molecular weight excluding hydrogens is 218 g/mol. The average molecular weight is 241 g/mol. The van der Waals surface area contributed by atoms with Crippen molar-refractivity contribution < 1.29 is 0 Å². The van der Waals surface area contributed by atoms with E-state index in [0.717, 1.165) is 43.0 Å². The number of rotatable bonds is 5. The van der Waals surface area contributed by atoms with Crippen LogP contribution in [0.2, 0.25) is 0 Å².